The fourth-order valence-electron chi connectivity index (χ4n) is 2.17. The maximum atomic E-state index is 6.15. The monoisotopic (exact) mass is 258 g/mol. The van der Waals surface area contributed by atoms with Gasteiger partial charge in [-0.3, -0.25) is 0 Å². The zero-order valence-corrected chi connectivity index (χ0v) is 11.7. The Balaban J connectivity index is 1.90. The highest BCUT2D eigenvalue weighted by Crippen LogP contribution is 2.37. The number of benzene rings is 1. The summed E-state index contributed by atoms with van der Waals surface area (Å²) >= 11 is 1.73. The number of nitrogens with two attached hydrogens (primary N) is 1. The van der Waals surface area contributed by atoms with Crippen LogP contribution >= 0.6 is 11.3 Å². The van der Waals surface area contributed by atoms with Crippen molar-refractivity contribution in [2.45, 2.75) is 38.6 Å². The topological polar surface area (TPSA) is 38.9 Å². The summed E-state index contributed by atoms with van der Waals surface area (Å²) in [7, 11) is 0. The summed E-state index contributed by atoms with van der Waals surface area (Å²) < 4.78 is 0. The van der Waals surface area contributed by atoms with Gasteiger partial charge in [-0.05, 0) is 38.3 Å². The van der Waals surface area contributed by atoms with Crippen LogP contribution in [0.25, 0.3) is 11.3 Å². The third kappa shape index (κ3) is 2.33. The Hall–Kier alpha value is -1.19. The van der Waals surface area contributed by atoms with Crippen molar-refractivity contribution in [1.29, 1.82) is 0 Å². The third-order valence-electron chi connectivity index (χ3n) is 3.62. The first-order valence-corrected chi connectivity index (χ1v) is 7.25. The van der Waals surface area contributed by atoms with Crippen molar-refractivity contribution >= 4 is 11.3 Å². The molecule has 1 saturated carbocycles. The molecule has 0 spiro atoms. The molecule has 1 aliphatic carbocycles. The normalized spacial score (nSPS) is 16.8. The van der Waals surface area contributed by atoms with Gasteiger partial charge in [-0.2, -0.15) is 0 Å². The number of rotatable bonds is 3. The van der Waals surface area contributed by atoms with E-state index < -0.39 is 0 Å². The maximum Gasteiger partial charge on any atom is 0.0950 e. The Morgan fingerprint density at radius 2 is 2.11 bits per heavy atom. The summed E-state index contributed by atoms with van der Waals surface area (Å²) in [4.78, 5) is 4.75. The van der Waals surface area contributed by atoms with E-state index in [1.807, 2.05) is 0 Å². The summed E-state index contributed by atoms with van der Waals surface area (Å²) in [5, 5.41) is 3.33. The van der Waals surface area contributed by atoms with Gasteiger partial charge in [0.2, 0.25) is 0 Å². The van der Waals surface area contributed by atoms with Crippen LogP contribution in [0.2, 0.25) is 0 Å². The summed E-state index contributed by atoms with van der Waals surface area (Å²) in [6.07, 6.45) is 3.22. The van der Waals surface area contributed by atoms with E-state index in [9.17, 15) is 0 Å². The summed E-state index contributed by atoms with van der Waals surface area (Å²) in [6, 6.07) is 6.52. The first kappa shape index (κ1) is 11.9. The Morgan fingerprint density at radius 1 is 1.33 bits per heavy atom. The molecule has 0 atom stereocenters. The Labute approximate surface area is 112 Å². The van der Waals surface area contributed by atoms with Gasteiger partial charge in [-0.25, -0.2) is 4.98 Å². The van der Waals surface area contributed by atoms with E-state index in [1.165, 1.54) is 21.7 Å². The van der Waals surface area contributed by atoms with Gasteiger partial charge in [-0.1, -0.05) is 17.7 Å². The summed E-state index contributed by atoms with van der Waals surface area (Å²) in [5.41, 5.74) is 11.1. The second-order valence-electron chi connectivity index (χ2n) is 5.48. The number of thiazole rings is 1. The van der Waals surface area contributed by atoms with E-state index >= 15 is 0 Å². The van der Waals surface area contributed by atoms with Crippen LogP contribution in [0.15, 0.2) is 23.6 Å². The highest BCUT2D eigenvalue weighted by molar-refractivity contribution is 7.10. The summed E-state index contributed by atoms with van der Waals surface area (Å²) in [5.74, 6) is 0. The van der Waals surface area contributed by atoms with Crippen molar-refractivity contribution in [1.82, 2.24) is 4.98 Å². The lowest BCUT2D eigenvalue weighted by molar-refractivity contribution is 0.669. The molecular formula is C15H18N2S. The first-order chi connectivity index (χ1) is 8.56. The van der Waals surface area contributed by atoms with Crippen LogP contribution in [-0.4, -0.2) is 10.5 Å². The summed E-state index contributed by atoms with van der Waals surface area (Å²) in [6.45, 7) is 4.26. The fraction of sp³-hybridized carbons (Fsp3) is 0.400. The molecule has 0 amide bonds. The van der Waals surface area contributed by atoms with Crippen molar-refractivity contribution in [3.63, 3.8) is 0 Å². The van der Waals surface area contributed by atoms with Crippen LogP contribution in [0.3, 0.4) is 0 Å². The SMILES string of the molecule is Cc1ccc(C)c(-c2csc(CC3(N)CC3)n2)c1. The minimum Gasteiger partial charge on any atom is -0.325 e. The minimum atomic E-state index is 0.0524. The molecule has 0 bridgehead atoms. The van der Waals surface area contributed by atoms with Crippen LogP contribution in [0.4, 0.5) is 0 Å². The molecular weight excluding hydrogens is 240 g/mol. The predicted molar refractivity (Wildman–Crippen MR) is 76.9 cm³/mol. The first-order valence-electron chi connectivity index (χ1n) is 6.37. The molecule has 0 radical (unpaired) electrons. The third-order valence-corrected chi connectivity index (χ3v) is 4.47. The quantitative estimate of drug-likeness (QED) is 0.915. The van der Waals surface area contributed by atoms with Crippen LogP contribution in [0.1, 0.15) is 29.0 Å². The predicted octanol–water partition coefficient (Wildman–Crippen LogP) is 3.46. The molecule has 2 aromatic rings. The van der Waals surface area contributed by atoms with Crippen molar-refractivity contribution < 1.29 is 0 Å². The molecule has 1 fully saturated rings. The lowest BCUT2D eigenvalue weighted by Crippen LogP contribution is -2.24. The van der Waals surface area contributed by atoms with Crippen LogP contribution < -0.4 is 5.73 Å². The lowest BCUT2D eigenvalue weighted by atomic mass is 10.0. The largest absolute Gasteiger partial charge is 0.325 e. The molecule has 3 heteroatoms. The van der Waals surface area contributed by atoms with Crippen molar-refractivity contribution in [3.8, 4) is 11.3 Å². The van der Waals surface area contributed by atoms with Gasteiger partial charge in [0.25, 0.3) is 0 Å². The van der Waals surface area contributed by atoms with Crippen LogP contribution in [0.5, 0.6) is 0 Å². The molecule has 0 aliphatic heterocycles. The minimum absolute atomic E-state index is 0.0524. The average molecular weight is 258 g/mol. The highest BCUT2D eigenvalue weighted by atomic mass is 32.1. The molecule has 0 unspecified atom stereocenters. The van der Waals surface area contributed by atoms with Crippen LogP contribution in [-0.2, 0) is 6.42 Å². The molecule has 1 aromatic carbocycles. The van der Waals surface area contributed by atoms with Gasteiger partial charge in [0.1, 0.15) is 0 Å². The Morgan fingerprint density at radius 3 is 2.83 bits per heavy atom. The number of nitrogens with zero attached hydrogens (tertiary/aromatic N) is 1. The molecule has 18 heavy (non-hydrogen) atoms. The molecule has 1 aromatic heterocycles. The number of hydrogen-bond donors (Lipinski definition) is 1. The van der Waals surface area contributed by atoms with E-state index in [4.69, 9.17) is 10.7 Å². The van der Waals surface area contributed by atoms with Crippen molar-refractivity contribution in [3.05, 3.63) is 39.7 Å². The van der Waals surface area contributed by atoms with Gasteiger partial charge in [0, 0.05) is 22.9 Å². The van der Waals surface area contributed by atoms with Crippen molar-refractivity contribution in [2.24, 2.45) is 5.73 Å². The second kappa shape index (κ2) is 4.18. The number of aryl methyl sites for hydroxylation is 2. The highest BCUT2D eigenvalue weighted by Gasteiger charge is 2.38. The van der Waals surface area contributed by atoms with E-state index in [2.05, 4.69) is 37.4 Å². The Kier molecular flexibility index (Phi) is 2.76. The van der Waals surface area contributed by atoms with E-state index in [1.54, 1.807) is 11.3 Å². The van der Waals surface area contributed by atoms with E-state index in [0.29, 0.717) is 0 Å². The van der Waals surface area contributed by atoms with Gasteiger partial charge >= 0.3 is 0 Å². The van der Waals surface area contributed by atoms with Gasteiger partial charge in [0.15, 0.2) is 0 Å². The zero-order valence-electron chi connectivity index (χ0n) is 10.9. The average Bonchev–Trinajstić information content (AvgIpc) is 2.88. The molecule has 3 rings (SSSR count). The van der Waals surface area contributed by atoms with Crippen molar-refractivity contribution in [2.75, 3.05) is 0 Å². The molecule has 1 aliphatic rings. The fourth-order valence-corrected chi connectivity index (χ4v) is 3.12. The molecule has 94 valence electrons. The molecule has 1 heterocycles. The molecule has 2 N–H and O–H groups in total. The van der Waals surface area contributed by atoms with Gasteiger partial charge in [0.05, 0.1) is 10.7 Å². The maximum absolute atomic E-state index is 6.15. The smallest absolute Gasteiger partial charge is 0.0950 e. The standard InChI is InChI=1S/C15H18N2S/c1-10-3-4-11(2)12(7-10)13-9-18-14(17-13)8-15(16)5-6-15/h3-4,7,9H,5-6,8,16H2,1-2H3. The van der Waals surface area contributed by atoms with Crippen LogP contribution in [0, 0.1) is 13.8 Å². The lowest BCUT2D eigenvalue weighted by Gasteiger charge is -2.05. The number of aromatic nitrogens is 1. The van der Waals surface area contributed by atoms with E-state index in [-0.39, 0.29) is 5.54 Å². The second-order valence-corrected chi connectivity index (χ2v) is 6.43. The van der Waals surface area contributed by atoms with E-state index in [0.717, 1.165) is 25.0 Å². The zero-order chi connectivity index (χ0) is 12.8. The molecule has 0 saturated heterocycles. The van der Waals surface area contributed by atoms with Gasteiger partial charge < -0.3 is 5.73 Å². The number of hydrogen-bond acceptors (Lipinski definition) is 3. The Bertz CT molecular complexity index is 582. The van der Waals surface area contributed by atoms with Gasteiger partial charge in [-0.15, -0.1) is 11.3 Å². The molecule has 2 nitrogen and oxygen atoms in total.